The van der Waals surface area contributed by atoms with Crippen molar-refractivity contribution in [1.82, 2.24) is 0 Å². The molecule has 18 heteroatoms. The van der Waals surface area contributed by atoms with Gasteiger partial charge in [0.25, 0.3) is 0 Å². The van der Waals surface area contributed by atoms with Crippen LogP contribution in [0.15, 0.2) is 172 Å². The van der Waals surface area contributed by atoms with Crippen LogP contribution in [-0.4, -0.2) is 66.5 Å². The van der Waals surface area contributed by atoms with Crippen molar-refractivity contribution in [3.63, 3.8) is 0 Å². The molecule has 0 saturated heterocycles. The van der Waals surface area contributed by atoms with Crippen molar-refractivity contribution in [1.29, 1.82) is 0 Å². The molecule has 354 valence electrons. The maximum atomic E-state index is 13.1. The van der Waals surface area contributed by atoms with Gasteiger partial charge in [-0.2, -0.15) is 0 Å². The molecule has 72 heavy (non-hydrogen) atoms. The Balaban J connectivity index is 0.967. The summed E-state index contributed by atoms with van der Waals surface area (Å²) in [5.41, 5.74) is 7.07. The molecule has 26 aliphatic rings. The molecule has 17 heterocycles. The molecule has 6 atom stereocenters. The van der Waals surface area contributed by atoms with Gasteiger partial charge in [-0.1, -0.05) is 101 Å². The number of hydrogen-bond donors (Lipinski definition) is 6. The second kappa shape index (κ2) is 16.5. The van der Waals surface area contributed by atoms with E-state index in [1.807, 2.05) is 109 Å². The van der Waals surface area contributed by atoms with Gasteiger partial charge in [0, 0.05) is 64.9 Å². The first-order valence-corrected chi connectivity index (χ1v) is 28.6. The van der Waals surface area contributed by atoms with Gasteiger partial charge in [0.2, 0.25) is 0 Å². The van der Waals surface area contributed by atoms with Gasteiger partial charge in [-0.05, 0) is 140 Å². The van der Waals surface area contributed by atoms with Gasteiger partial charge in [-0.15, -0.1) is 0 Å². The van der Waals surface area contributed by atoms with E-state index in [-0.39, 0.29) is 33.4 Å². The van der Waals surface area contributed by atoms with E-state index in [2.05, 4.69) is 0 Å². The lowest BCUT2D eigenvalue weighted by atomic mass is 9.61. The number of rotatable bonds is 6. The summed E-state index contributed by atoms with van der Waals surface area (Å²) in [6.07, 6.45) is 0. The summed E-state index contributed by atoms with van der Waals surface area (Å²) in [7, 11) is 8.48. The smallest absolute Gasteiger partial charge is 0.333 e. The molecule has 6 aromatic carbocycles. The van der Waals surface area contributed by atoms with E-state index < -0.39 is 71.3 Å². The van der Waals surface area contributed by atoms with Crippen LogP contribution in [0.25, 0.3) is 0 Å². The maximum absolute atomic E-state index is 13.1. The van der Waals surface area contributed by atoms with Crippen molar-refractivity contribution in [3.8, 4) is 0 Å². The molecule has 12 nitrogen and oxygen atoms in total. The molecule has 0 radical (unpaired) electrons. The fourth-order valence-electron chi connectivity index (χ4n) is 12.2. The fourth-order valence-corrected chi connectivity index (χ4v) is 18.2. The van der Waals surface area contributed by atoms with Crippen LogP contribution < -0.4 is 0 Å². The summed E-state index contributed by atoms with van der Waals surface area (Å²) in [4.78, 5) is 83.0. The van der Waals surface area contributed by atoms with E-state index in [4.69, 9.17) is 0 Å². The zero-order valence-electron chi connectivity index (χ0n) is 36.4. The highest BCUT2D eigenvalue weighted by Gasteiger charge is 2.51. The van der Waals surface area contributed by atoms with Gasteiger partial charge in [0.1, 0.15) is 0 Å². The van der Waals surface area contributed by atoms with Crippen LogP contribution in [0.3, 0.4) is 0 Å². The van der Waals surface area contributed by atoms with Crippen molar-refractivity contribution < 1.29 is 59.4 Å². The highest BCUT2D eigenvalue weighted by molar-refractivity contribution is 8.77. The van der Waals surface area contributed by atoms with E-state index in [0.717, 1.165) is 29.4 Å². The minimum Gasteiger partial charge on any atom is -0.478 e. The highest BCUT2D eigenvalue weighted by Crippen LogP contribution is 2.62. The molecule has 17 aliphatic heterocycles. The van der Waals surface area contributed by atoms with Gasteiger partial charge in [-0.3, -0.25) is 0 Å². The van der Waals surface area contributed by atoms with E-state index in [0.29, 0.717) is 66.8 Å². The second-order valence-corrected chi connectivity index (χ2v) is 25.0. The fraction of sp³-hybridized carbons (Fsp3) is 0.111. The van der Waals surface area contributed by atoms with Crippen LogP contribution in [0.1, 0.15) is 102 Å². The molecule has 0 unspecified atom stereocenters. The normalized spacial score (nSPS) is 22.3. The topological polar surface area (TPSA) is 224 Å². The Morgan fingerprint density at radius 1 is 0.236 bits per heavy atom. The Hall–Kier alpha value is -6.54. The lowest BCUT2D eigenvalue weighted by Crippen LogP contribution is -2.34. The van der Waals surface area contributed by atoms with Crippen LogP contribution in [-0.2, 0) is 28.8 Å². The van der Waals surface area contributed by atoms with Crippen molar-refractivity contribution in [2.45, 2.75) is 64.9 Å². The summed E-state index contributed by atoms with van der Waals surface area (Å²) in [5.74, 6) is -13.2. The molecule has 0 amide bonds. The van der Waals surface area contributed by atoms with Crippen molar-refractivity contribution >= 4 is 101 Å². The first-order valence-electron chi connectivity index (χ1n) is 22.2. The number of hydrogen-bond acceptors (Lipinski definition) is 12. The quantitative estimate of drug-likeness (QED) is 0.0853. The van der Waals surface area contributed by atoms with E-state index in [1.165, 1.54) is 64.8 Å². The van der Waals surface area contributed by atoms with Gasteiger partial charge >= 0.3 is 35.8 Å². The average molecular weight is 1060 g/mol. The first kappa shape index (κ1) is 45.3. The molecule has 24 bridgehead atoms. The van der Waals surface area contributed by atoms with Crippen LogP contribution in [0, 0.1) is 0 Å². The minimum absolute atomic E-state index is 0.192. The van der Waals surface area contributed by atoms with Gasteiger partial charge in [-0.25, -0.2) is 28.8 Å². The summed E-state index contributed by atoms with van der Waals surface area (Å²) in [6.45, 7) is 0. The summed E-state index contributed by atoms with van der Waals surface area (Å²) >= 11 is 0. The third-order valence-corrected chi connectivity index (χ3v) is 21.9. The van der Waals surface area contributed by atoms with E-state index >= 15 is 0 Å². The molecular weight excluding hydrogens is 1030 g/mol. The van der Waals surface area contributed by atoms with Gasteiger partial charge in [0.15, 0.2) is 0 Å². The molecular formula is C54H30O12S6. The lowest BCUT2D eigenvalue weighted by Gasteiger charge is -2.41. The van der Waals surface area contributed by atoms with E-state index in [9.17, 15) is 59.4 Å². The second-order valence-electron chi connectivity index (χ2n) is 18.2. The number of benzene rings is 6. The zero-order chi connectivity index (χ0) is 49.8. The Kier molecular flexibility index (Phi) is 10.4. The van der Waals surface area contributed by atoms with Crippen LogP contribution >= 0.6 is 64.8 Å². The number of carboxylic acids is 6. The Morgan fingerprint density at radius 2 is 0.375 bits per heavy atom. The monoisotopic (exact) mass is 1060 g/mol. The third kappa shape index (κ3) is 6.55. The molecule has 32 rings (SSSR count). The van der Waals surface area contributed by atoms with Gasteiger partial charge in [0.05, 0.1) is 33.4 Å². The SMILES string of the molecule is O=C(O)C1=C(C(=O)O)[C@@H]2c3ccc4cc3[C@H]1c1ccc(cc12)SSc1ccc2c(c1)[C@@H]1C(C(=O)O)=C(C(=O)O)[C@H]2c2cc(ccc21)SSc1ccc2c(c1)[C@@H]1C(C(=O)O)=C(C(=O)O)[C@H]2c2cc(ccc21)SS4. The lowest BCUT2D eigenvalue weighted by molar-refractivity contribution is -0.136. The number of carboxylic acid groups (broad SMARTS) is 6. The number of aliphatic carboxylic acids is 6. The summed E-state index contributed by atoms with van der Waals surface area (Å²) in [5, 5.41) is 63.8. The van der Waals surface area contributed by atoms with Crippen molar-refractivity contribution in [2.24, 2.45) is 0 Å². The van der Waals surface area contributed by atoms with Crippen molar-refractivity contribution in [2.75, 3.05) is 0 Å². The van der Waals surface area contributed by atoms with Crippen LogP contribution in [0.2, 0.25) is 0 Å². The molecule has 0 aromatic heterocycles. The molecule has 9 aliphatic carbocycles. The highest BCUT2D eigenvalue weighted by atomic mass is 33.1. The van der Waals surface area contributed by atoms with Crippen LogP contribution in [0.4, 0.5) is 0 Å². The molecule has 6 aromatic rings. The summed E-state index contributed by atoms with van der Waals surface area (Å²) < 4.78 is 0. The number of carbonyl (C=O) groups is 6. The molecule has 0 saturated carbocycles. The molecule has 6 N–H and O–H groups in total. The molecule has 0 spiro atoms. The predicted molar refractivity (Wildman–Crippen MR) is 272 cm³/mol. The minimum atomic E-state index is -1.32. The summed E-state index contributed by atoms with van der Waals surface area (Å²) in [6, 6.07) is 33.9. The third-order valence-electron chi connectivity index (χ3n) is 14.8. The van der Waals surface area contributed by atoms with Crippen molar-refractivity contribution in [3.05, 3.63) is 209 Å². The predicted octanol–water partition coefficient (Wildman–Crippen LogP) is 11.6. The standard InChI is InChI=1S/C54H30O12S6/c55-49(56)43-37-25-7-1-19-13-31(25)38(44(43)50(57)58)26-9-3-21(15-32(26)37)69-70-22-5-11-29-35(16-22)41-30-12-6-24(18-36(30)42(29)48(54(65)66)47(41)53(63)64)72-71-23-4-10-28-34(17-23)40-27-8-2-20(68-67-19)14-33(27)39(28)45(51(59)60)46(40)52(61)62/h1-18,37-42H,(H,55,56)(H,57,58)(H,59,60)(H,61,62)(H,63,64)(H,65,66)/t37-,38-,39-,40-,41-,42-/m1/s1. The Labute approximate surface area is 431 Å². The average Bonchev–Trinajstić information content (AvgIpc) is 3.37. The first-order chi connectivity index (χ1) is 34.7. The Bertz CT molecular complexity index is 3120. The maximum Gasteiger partial charge on any atom is 0.333 e. The molecule has 0 fully saturated rings. The Morgan fingerprint density at radius 3 is 0.500 bits per heavy atom. The zero-order valence-corrected chi connectivity index (χ0v) is 41.3. The van der Waals surface area contributed by atoms with Gasteiger partial charge < -0.3 is 30.6 Å². The largest absolute Gasteiger partial charge is 0.478 e. The van der Waals surface area contributed by atoms with E-state index in [1.54, 1.807) is 0 Å². The van der Waals surface area contributed by atoms with Crippen LogP contribution in [0.5, 0.6) is 0 Å².